The van der Waals surface area contributed by atoms with Crippen LogP contribution in [-0.2, 0) is 4.53 Å². The van der Waals surface area contributed by atoms with Gasteiger partial charge in [0.1, 0.15) is 0 Å². The minimum absolute atomic E-state index is 0.0396. The molecule has 0 spiro atoms. The van der Waals surface area contributed by atoms with Crippen LogP contribution in [0, 0.1) is 11.3 Å². The first-order valence-electron chi connectivity index (χ1n) is 7.73. The number of rotatable bonds is 2. The molecule has 0 aromatic carbocycles. The highest BCUT2D eigenvalue weighted by atomic mass is 35.5. The quantitative estimate of drug-likeness (QED) is 0.357. The Hall–Kier alpha value is -0.0231. The molecule has 2 atom stereocenters. The fourth-order valence-corrected chi connectivity index (χ4v) is 3.16. The van der Waals surface area contributed by atoms with Crippen molar-refractivity contribution in [3.05, 3.63) is 0 Å². The van der Waals surface area contributed by atoms with E-state index >= 15 is 0 Å². The Bertz CT molecular complexity index is 366. The van der Waals surface area contributed by atoms with Crippen molar-refractivity contribution >= 4 is 25.6 Å². The van der Waals surface area contributed by atoms with Gasteiger partial charge in [-0.15, -0.1) is 16.8 Å². The Morgan fingerprint density at radius 3 is 2.10 bits per heavy atom. The van der Waals surface area contributed by atoms with Crippen molar-refractivity contribution in [1.29, 1.82) is 0 Å². The molecule has 1 aliphatic rings. The molecule has 2 nitrogen and oxygen atoms in total. The van der Waals surface area contributed by atoms with Crippen molar-refractivity contribution in [1.82, 2.24) is 0 Å². The van der Waals surface area contributed by atoms with E-state index in [0.717, 1.165) is 18.6 Å². The summed E-state index contributed by atoms with van der Waals surface area (Å²) in [5.74, 6) is 0.678. The van der Waals surface area contributed by atoms with Gasteiger partial charge in [0.15, 0.2) is 0 Å². The van der Waals surface area contributed by atoms with Crippen molar-refractivity contribution < 1.29 is 4.53 Å². The van der Waals surface area contributed by atoms with E-state index in [-0.39, 0.29) is 10.4 Å². The van der Waals surface area contributed by atoms with Crippen LogP contribution in [0.25, 0.3) is 0 Å². The van der Waals surface area contributed by atoms with Gasteiger partial charge in [-0.3, -0.25) is 0 Å². The van der Waals surface area contributed by atoms with Crippen LogP contribution in [0.2, 0.25) is 18.1 Å². The Morgan fingerprint density at radius 1 is 1.15 bits per heavy atom. The van der Waals surface area contributed by atoms with E-state index in [1.807, 2.05) is 0 Å². The molecule has 118 valence electrons. The topological polar surface area (TPSA) is 21.6 Å². The predicted molar refractivity (Wildman–Crippen MR) is 92.2 cm³/mol. The summed E-state index contributed by atoms with van der Waals surface area (Å²) in [7, 11) is -1.82. The van der Waals surface area contributed by atoms with Gasteiger partial charge >= 0.3 is 0 Å². The number of hydrogen-bond donors (Lipinski definition) is 0. The van der Waals surface area contributed by atoms with Crippen LogP contribution < -0.4 is 0 Å². The van der Waals surface area contributed by atoms with E-state index in [1.54, 1.807) is 0 Å². The van der Waals surface area contributed by atoms with Gasteiger partial charge in [-0.25, -0.2) is 0 Å². The van der Waals surface area contributed by atoms with Crippen LogP contribution in [-0.4, -0.2) is 19.4 Å². The molecular weight excluding hydrogens is 286 g/mol. The lowest BCUT2D eigenvalue weighted by Crippen LogP contribution is -2.40. The van der Waals surface area contributed by atoms with Gasteiger partial charge in [0.05, 0.1) is 11.1 Å². The number of alkyl halides is 1. The molecule has 1 fully saturated rings. The number of hydrogen-bond acceptors (Lipinski definition) is 2. The third-order valence-electron chi connectivity index (χ3n) is 5.02. The Kier molecular flexibility index (Phi) is 5.41. The van der Waals surface area contributed by atoms with E-state index in [0.29, 0.717) is 11.3 Å². The zero-order valence-electron chi connectivity index (χ0n) is 14.5. The molecule has 1 saturated carbocycles. The molecule has 0 bridgehead atoms. The van der Waals surface area contributed by atoms with Crippen molar-refractivity contribution in [3.8, 4) is 0 Å². The lowest BCUT2D eigenvalue weighted by Gasteiger charge is -2.37. The molecule has 1 unspecified atom stereocenters. The Labute approximate surface area is 131 Å². The fraction of sp³-hybridized carbons (Fsp3) is 0.938. The molecule has 0 heterocycles. The SMILES string of the molecule is CC(C)(C)[C@@H]1CCC(=NO[Si](C)(C)C(C)(C)C)C(Cl)C1. The predicted octanol–water partition coefficient (Wildman–Crippen LogP) is 5.82. The second-order valence-corrected chi connectivity index (χ2v) is 14.0. The molecule has 1 rings (SSSR count). The maximum absolute atomic E-state index is 6.53. The van der Waals surface area contributed by atoms with Crippen molar-refractivity contribution in [2.75, 3.05) is 0 Å². The van der Waals surface area contributed by atoms with Crippen molar-refractivity contribution in [2.24, 2.45) is 16.5 Å². The van der Waals surface area contributed by atoms with Crippen molar-refractivity contribution in [3.63, 3.8) is 0 Å². The van der Waals surface area contributed by atoms with E-state index in [2.05, 4.69) is 59.8 Å². The second kappa shape index (κ2) is 6.00. The van der Waals surface area contributed by atoms with Crippen LogP contribution in [0.1, 0.15) is 60.8 Å². The summed E-state index contributed by atoms with van der Waals surface area (Å²) in [6.45, 7) is 18.0. The summed E-state index contributed by atoms with van der Waals surface area (Å²) in [6, 6.07) is 0. The normalized spacial score (nSPS) is 27.8. The molecule has 20 heavy (non-hydrogen) atoms. The molecule has 1 aliphatic carbocycles. The zero-order valence-corrected chi connectivity index (χ0v) is 16.3. The van der Waals surface area contributed by atoms with Gasteiger partial charge in [0.2, 0.25) is 0 Å². The molecular formula is C16H32ClNOSi. The van der Waals surface area contributed by atoms with Gasteiger partial charge in [-0.1, -0.05) is 41.5 Å². The van der Waals surface area contributed by atoms with Gasteiger partial charge in [-0.2, -0.15) is 0 Å². The number of nitrogens with zero attached hydrogens (tertiary/aromatic N) is 1. The molecule has 0 saturated heterocycles. The summed E-state index contributed by atoms with van der Waals surface area (Å²) in [4.78, 5) is 0. The van der Waals surface area contributed by atoms with Crippen LogP contribution in [0.3, 0.4) is 0 Å². The van der Waals surface area contributed by atoms with Gasteiger partial charge < -0.3 is 4.53 Å². The first-order valence-corrected chi connectivity index (χ1v) is 11.1. The largest absolute Gasteiger partial charge is 0.455 e. The minimum atomic E-state index is -1.82. The number of oxime groups is 1. The monoisotopic (exact) mass is 317 g/mol. The third kappa shape index (κ3) is 4.49. The third-order valence-corrected chi connectivity index (χ3v) is 9.61. The highest BCUT2D eigenvalue weighted by molar-refractivity contribution is 6.74. The maximum Gasteiger partial charge on any atom is 0.286 e. The van der Waals surface area contributed by atoms with Crippen LogP contribution in [0.15, 0.2) is 5.16 Å². The van der Waals surface area contributed by atoms with Crippen LogP contribution >= 0.6 is 11.6 Å². The molecule has 4 heteroatoms. The van der Waals surface area contributed by atoms with Gasteiger partial charge in [0, 0.05) is 0 Å². The van der Waals surface area contributed by atoms with Crippen molar-refractivity contribution in [2.45, 2.75) is 84.3 Å². The summed E-state index contributed by atoms with van der Waals surface area (Å²) in [5, 5.41) is 4.69. The van der Waals surface area contributed by atoms with Crippen LogP contribution in [0.5, 0.6) is 0 Å². The lowest BCUT2D eigenvalue weighted by atomic mass is 9.72. The Balaban J connectivity index is 2.69. The smallest absolute Gasteiger partial charge is 0.286 e. The van der Waals surface area contributed by atoms with Gasteiger partial charge in [0.25, 0.3) is 8.32 Å². The molecule has 0 aliphatic heterocycles. The van der Waals surface area contributed by atoms with E-state index in [9.17, 15) is 0 Å². The average Bonchev–Trinajstić information content (AvgIpc) is 2.24. The molecule has 0 amide bonds. The average molecular weight is 318 g/mol. The number of halogens is 1. The van der Waals surface area contributed by atoms with E-state index in [4.69, 9.17) is 16.1 Å². The van der Waals surface area contributed by atoms with Crippen LogP contribution in [0.4, 0.5) is 0 Å². The summed E-state index contributed by atoms with van der Waals surface area (Å²) < 4.78 is 5.97. The lowest BCUT2D eigenvalue weighted by molar-refractivity contribution is 0.207. The standard InChI is InChI=1S/C16H32ClNOSi/c1-15(2,3)12-9-10-14(13(17)11-12)18-19-20(7,8)16(4,5)6/h12-13H,9-11H2,1-8H3/t12-,13?/m1/s1. The highest BCUT2D eigenvalue weighted by Crippen LogP contribution is 2.40. The maximum atomic E-state index is 6.53. The molecule has 0 aromatic heterocycles. The molecule has 0 N–H and O–H groups in total. The van der Waals surface area contributed by atoms with E-state index in [1.165, 1.54) is 6.42 Å². The summed E-state index contributed by atoms with van der Waals surface area (Å²) in [6.07, 6.45) is 3.17. The molecule has 0 aromatic rings. The minimum Gasteiger partial charge on any atom is -0.455 e. The zero-order chi connectivity index (χ0) is 15.8. The fourth-order valence-electron chi connectivity index (χ4n) is 2.18. The summed E-state index contributed by atoms with van der Waals surface area (Å²) >= 11 is 6.53. The second-order valence-electron chi connectivity index (χ2n) is 8.74. The Morgan fingerprint density at radius 2 is 1.70 bits per heavy atom. The first-order chi connectivity index (χ1) is 8.84. The first kappa shape index (κ1) is 18.0. The molecule has 0 radical (unpaired) electrons. The summed E-state index contributed by atoms with van der Waals surface area (Å²) in [5.41, 5.74) is 1.39. The highest BCUT2D eigenvalue weighted by Gasteiger charge is 2.40. The van der Waals surface area contributed by atoms with E-state index < -0.39 is 8.32 Å². The van der Waals surface area contributed by atoms with Gasteiger partial charge in [-0.05, 0) is 48.7 Å².